The summed E-state index contributed by atoms with van der Waals surface area (Å²) in [5.41, 5.74) is 1.75. The molecule has 0 atom stereocenters. The second-order valence-electron chi connectivity index (χ2n) is 6.83. The van der Waals surface area contributed by atoms with Crippen molar-refractivity contribution >= 4 is 39.1 Å². The van der Waals surface area contributed by atoms with Crippen LogP contribution in [0, 0.1) is 6.92 Å². The summed E-state index contributed by atoms with van der Waals surface area (Å²) in [5, 5.41) is 5.18. The van der Waals surface area contributed by atoms with Crippen molar-refractivity contribution in [2.24, 2.45) is 0 Å². The molecule has 8 heteroatoms. The summed E-state index contributed by atoms with van der Waals surface area (Å²) in [4.78, 5) is 38.8. The maximum absolute atomic E-state index is 13.2. The number of fused-ring (bicyclic) bond motifs is 1. The topological polar surface area (TPSA) is 73.1 Å². The third-order valence-electron chi connectivity index (χ3n) is 4.82. The van der Waals surface area contributed by atoms with E-state index in [4.69, 9.17) is 11.6 Å². The predicted molar refractivity (Wildman–Crippen MR) is 120 cm³/mol. The van der Waals surface area contributed by atoms with Gasteiger partial charge in [-0.05, 0) is 47.7 Å². The first-order valence-corrected chi connectivity index (χ1v) is 10.5. The minimum absolute atomic E-state index is 0.189. The lowest BCUT2D eigenvalue weighted by Crippen LogP contribution is -2.41. The van der Waals surface area contributed by atoms with E-state index in [9.17, 15) is 14.4 Å². The van der Waals surface area contributed by atoms with Gasteiger partial charge in [-0.3, -0.25) is 14.2 Å². The number of amides is 1. The van der Waals surface area contributed by atoms with Crippen molar-refractivity contribution in [1.29, 1.82) is 0 Å². The molecule has 0 unspecified atom stereocenters. The zero-order valence-electron chi connectivity index (χ0n) is 16.1. The molecule has 2 heterocycles. The van der Waals surface area contributed by atoms with Crippen LogP contribution in [0.1, 0.15) is 11.1 Å². The standard InChI is InChI=1S/C22H18ClN3O3S/c1-14-4-2-3-5-17(14)26-21(28)20-18(10-11-30-20)25(22(26)29)13-19(27)24-12-15-6-8-16(23)9-7-15/h2-11H,12-13H2,1H3,(H,24,27). The lowest BCUT2D eigenvalue weighted by molar-refractivity contribution is -0.121. The van der Waals surface area contributed by atoms with Crippen molar-refractivity contribution in [3.8, 4) is 5.69 Å². The molecular formula is C22H18ClN3O3S. The second-order valence-corrected chi connectivity index (χ2v) is 8.19. The Morgan fingerprint density at radius 3 is 2.53 bits per heavy atom. The average Bonchev–Trinajstić information content (AvgIpc) is 3.22. The van der Waals surface area contributed by atoms with E-state index in [1.807, 2.05) is 31.2 Å². The van der Waals surface area contributed by atoms with Crippen molar-refractivity contribution in [3.63, 3.8) is 0 Å². The Bertz CT molecular complexity index is 1350. The van der Waals surface area contributed by atoms with Crippen LogP contribution >= 0.6 is 22.9 Å². The van der Waals surface area contributed by atoms with Crippen LogP contribution in [0.5, 0.6) is 0 Å². The van der Waals surface area contributed by atoms with Crippen molar-refractivity contribution in [1.82, 2.24) is 14.5 Å². The minimum Gasteiger partial charge on any atom is -0.350 e. The van der Waals surface area contributed by atoms with Crippen LogP contribution in [-0.2, 0) is 17.9 Å². The number of aryl methyl sites for hydroxylation is 1. The van der Waals surface area contributed by atoms with E-state index in [2.05, 4.69) is 5.32 Å². The predicted octanol–water partition coefficient (Wildman–Crippen LogP) is 3.49. The lowest BCUT2D eigenvalue weighted by atomic mass is 10.2. The molecule has 0 saturated carbocycles. The summed E-state index contributed by atoms with van der Waals surface area (Å²) in [6.45, 7) is 1.96. The molecule has 1 N–H and O–H groups in total. The molecule has 6 nitrogen and oxygen atoms in total. The van der Waals surface area contributed by atoms with Gasteiger partial charge < -0.3 is 5.32 Å². The Morgan fingerprint density at radius 2 is 1.80 bits per heavy atom. The fourth-order valence-electron chi connectivity index (χ4n) is 3.27. The van der Waals surface area contributed by atoms with Crippen LogP contribution in [0.3, 0.4) is 0 Å². The Morgan fingerprint density at radius 1 is 1.07 bits per heavy atom. The van der Waals surface area contributed by atoms with E-state index < -0.39 is 5.69 Å². The summed E-state index contributed by atoms with van der Waals surface area (Å²) in [6.07, 6.45) is 0. The third kappa shape index (κ3) is 3.81. The molecule has 0 aliphatic carbocycles. The Hall–Kier alpha value is -3.16. The van der Waals surface area contributed by atoms with Crippen molar-refractivity contribution in [2.75, 3.05) is 0 Å². The number of aromatic nitrogens is 2. The van der Waals surface area contributed by atoms with Gasteiger partial charge >= 0.3 is 5.69 Å². The fourth-order valence-corrected chi connectivity index (χ4v) is 4.22. The summed E-state index contributed by atoms with van der Waals surface area (Å²) >= 11 is 7.13. The number of carbonyl (C=O) groups is 1. The van der Waals surface area contributed by atoms with Crippen molar-refractivity contribution < 1.29 is 4.79 Å². The number of nitrogens with one attached hydrogen (secondary N) is 1. The van der Waals surface area contributed by atoms with Crippen molar-refractivity contribution in [3.05, 3.63) is 97.0 Å². The number of thiophene rings is 1. The van der Waals surface area contributed by atoms with Crippen LogP contribution in [0.15, 0.2) is 69.6 Å². The number of halogens is 1. The maximum Gasteiger partial charge on any atom is 0.336 e. The van der Waals surface area contributed by atoms with Gasteiger partial charge in [-0.15, -0.1) is 11.3 Å². The van der Waals surface area contributed by atoms with Gasteiger partial charge in [0.05, 0.1) is 11.2 Å². The highest BCUT2D eigenvalue weighted by atomic mass is 35.5. The first kappa shape index (κ1) is 20.1. The molecule has 2 aromatic carbocycles. The summed E-state index contributed by atoms with van der Waals surface area (Å²) in [6, 6.07) is 16.0. The van der Waals surface area contributed by atoms with Gasteiger partial charge in [0.15, 0.2) is 0 Å². The highest BCUT2D eigenvalue weighted by Crippen LogP contribution is 2.17. The minimum atomic E-state index is -0.540. The maximum atomic E-state index is 13.2. The SMILES string of the molecule is Cc1ccccc1-n1c(=O)c2sccc2n(CC(=O)NCc2ccc(Cl)cc2)c1=O. The quantitative estimate of drug-likeness (QED) is 0.517. The van der Waals surface area contributed by atoms with Gasteiger partial charge in [-0.2, -0.15) is 0 Å². The zero-order valence-corrected chi connectivity index (χ0v) is 17.7. The van der Waals surface area contributed by atoms with Crippen LogP contribution in [0.25, 0.3) is 15.9 Å². The molecule has 0 bridgehead atoms. The molecule has 4 aromatic rings. The number of hydrogen-bond donors (Lipinski definition) is 1. The molecule has 0 aliphatic rings. The molecule has 0 fully saturated rings. The summed E-state index contributed by atoms with van der Waals surface area (Å²) < 4.78 is 2.92. The largest absolute Gasteiger partial charge is 0.350 e. The highest BCUT2D eigenvalue weighted by molar-refractivity contribution is 7.17. The third-order valence-corrected chi connectivity index (χ3v) is 5.96. The lowest BCUT2D eigenvalue weighted by Gasteiger charge is -2.14. The highest BCUT2D eigenvalue weighted by Gasteiger charge is 2.18. The molecule has 0 aliphatic heterocycles. The van der Waals surface area contributed by atoms with E-state index >= 15 is 0 Å². The molecule has 30 heavy (non-hydrogen) atoms. The van der Waals surface area contributed by atoms with E-state index in [1.54, 1.807) is 35.7 Å². The molecule has 0 radical (unpaired) electrons. The second kappa shape index (κ2) is 8.30. The van der Waals surface area contributed by atoms with E-state index in [-0.39, 0.29) is 18.0 Å². The summed E-state index contributed by atoms with van der Waals surface area (Å²) in [7, 11) is 0. The number of nitrogens with zero attached hydrogens (tertiary/aromatic N) is 2. The van der Waals surface area contributed by atoms with Gasteiger partial charge in [-0.25, -0.2) is 9.36 Å². The Labute approximate surface area is 181 Å². The van der Waals surface area contributed by atoms with E-state index in [1.165, 1.54) is 15.9 Å². The van der Waals surface area contributed by atoms with Gasteiger partial charge in [0.1, 0.15) is 11.2 Å². The monoisotopic (exact) mass is 439 g/mol. The molecule has 4 rings (SSSR count). The molecule has 152 valence electrons. The van der Waals surface area contributed by atoms with Gasteiger partial charge in [0.2, 0.25) is 5.91 Å². The fraction of sp³-hybridized carbons (Fsp3) is 0.136. The smallest absolute Gasteiger partial charge is 0.336 e. The molecule has 1 amide bonds. The molecule has 2 aromatic heterocycles. The molecule has 0 spiro atoms. The molecular weight excluding hydrogens is 422 g/mol. The first-order valence-electron chi connectivity index (χ1n) is 9.26. The van der Waals surface area contributed by atoms with Gasteiger partial charge in [0.25, 0.3) is 5.56 Å². The number of carbonyl (C=O) groups excluding carboxylic acids is 1. The summed E-state index contributed by atoms with van der Waals surface area (Å²) in [5.74, 6) is -0.325. The van der Waals surface area contributed by atoms with E-state index in [0.717, 1.165) is 15.7 Å². The van der Waals surface area contributed by atoms with Crippen molar-refractivity contribution in [2.45, 2.75) is 20.0 Å². The number of rotatable bonds is 5. The zero-order chi connectivity index (χ0) is 21.3. The normalized spacial score (nSPS) is 11.0. The Balaban J connectivity index is 1.70. The first-order chi connectivity index (χ1) is 14.5. The number of hydrogen-bond acceptors (Lipinski definition) is 4. The number of benzene rings is 2. The van der Waals surface area contributed by atoms with Crippen LogP contribution in [0.2, 0.25) is 5.02 Å². The van der Waals surface area contributed by atoms with Gasteiger partial charge in [-0.1, -0.05) is 41.9 Å². The average molecular weight is 440 g/mol. The van der Waals surface area contributed by atoms with Gasteiger partial charge in [0, 0.05) is 11.6 Å². The van der Waals surface area contributed by atoms with Crippen LogP contribution < -0.4 is 16.6 Å². The number of para-hydroxylation sites is 1. The van der Waals surface area contributed by atoms with Crippen LogP contribution in [0.4, 0.5) is 0 Å². The van der Waals surface area contributed by atoms with Crippen LogP contribution in [-0.4, -0.2) is 15.0 Å². The molecule has 0 saturated heterocycles. The Kier molecular flexibility index (Phi) is 5.57. The van der Waals surface area contributed by atoms with E-state index in [0.29, 0.717) is 27.5 Å².